The molecule has 1 fully saturated rings. The standard InChI is InChI=1S/C24H23N5O3/c1-15(16(2)30)28-22(31)20-21(26(3)24(28)32)25-23-27(20)14-19(17-10-6-4-7-11-17)29(23)18-12-8-5-9-13-18/h4-15,20-21H,1-3H3. The van der Waals surface area contributed by atoms with Crippen molar-refractivity contribution in [3.05, 3.63) is 72.4 Å². The van der Waals surface area contributed by atoms with E-state index in [1.54, 1.807) is 14.0 Å². The maximum atomic E-state index is 13.5. The first-order valence-electron chi connectivity index (χ1n) is 10.5. The highest BCUT2D eigenvalue weighted by molar-refractivity contribution is 6.16. The Morgan fingerprint density at radius 2 is 1.62 bits per heavy atom. The number of ketones is 1. The van der Waals surface area contributed by atoms with Crippen LogP contribution >= 0.6 is 0 Å². The van der Waals surface area contributed by atoms with Gasteiger partial charge in [0.25, 0.3) is 5.91 Å². The average molecular weight is 429 g/mol. The molecule has 3 aliphatic rings. The molecule has 3 amide bonds. The van der Waals surface area contributed by atoms with Crippen LogP contribution < -0.4 is 4.90 Å². The maximum Gasteiger partial charge on any atom is 0.328 e. The van der Waals surface area contributed by atoms with Gasteiger partial charge in [-0.05, 0) is 26.0 Å². The Kier molecular flexibility index (Phi) is 4.58. The monoisotopic (exact) mass is 429 g/mol. The molecule has 2 aromatic rings. The molecule has 0 saturated carbocycles. The molecule has 8 heteroatoms. The fourth-order valence-electron chi connectivity index (χ4n) is 4.38. The first kappa shape index (κ1) is 20.0. The molecule has 3 unspecified atom stereocenters. The second-order valence-corrected chi connectivity index (χ2v) is 8.13. The lowest BCUT2D eigenvalue weighted by Crippen LogP contribution is -2.66. The van der Waals surface area contributed by atoms with Gasteiger partial charge in [0, 0.05) is 24.5 Å². The summed E-state index contributed by atoms with van der Waals surface area (Å²) in [5.74, 6) is -0.0842. The summed E-state index contributed by atoms with van der Waals surface area (Å²) in [6.07, 6.45) is 1.24. The quantitative estimate of drug-likeness (QED) is 0.747. The van der Waals surface area contributed by atoms with Crippen molar-refractivity contribution in [1.82, 2.24) is 14.7 Å². The van der Waals surface area contributed by atoms with Crippen molar-refractivity contribution in [3.63, 3.8) is 0 Å². The maximum absolute atomic E-state index is 13.5. The minimum atomic E-state index is -0.840. The van der Waals surface area contributed by atoms with Gasteiger partial charge in [0.05, 0.1) is 11.7 Å². The van der Waals surface area contributed by atoms with Gasteiger partial charge in [0.15, 0.2) is 18.0 Å². The van der Waals surface area contributed by atoms with Crippen molar-refractivity contribution in [1.29, 1.82) is 0 Å². The number of guanidine groups is 1. The fraction of sp³-hybridized carbons (Fsp3) is 0.250. The summed E-state index contributed by atoms with van der Waals surface area (Å²) in [4.78, 5) is 49.6. The van der Waals surface area contributed by atoms with E-state index in [0.29, 0.717) is 5.96 Å². The molecular weight excluding hydrogens is 406 g/mol. The van der Waals surface area contributed by atoms with E-state index in [1.807, 2.05) is 76.7 Å². The van der Waals surface area contributed by atoms with Crippen LogP contribution in [0.3, 0.4) is 0 Å². The topological polar surface area (TPSA) is 76.5 Å². The number of Topliss-reactive ketones (excluding diaryl/α,β-unsaturated/α-hetero) is 1. The first-order chi connectivity index (χ1) is 15.4. The number of carbonyl (C=O) groups is 3. The second kappa shape index (κ2) is 7.33. The summed E-state index contributed by atoms with van der Waals surface area (Å²) >= 11 is 0. The third-order valence-corrected chi connectivity index (χ3v) is 6.22. The van der Waals surface area contributed by atoms with E-state index in [4.69, 9.17) is 4.99 Å². The third-order valence-electron chi connectivity index (χ3n) is 6.22. The Morgan fingerprint density at radius 1 is 1.00 bits per heavy atom. The summed E-state index contributed by atoms with van der Waals surface area (Å²) in [5, 5.41) is 0. The molecule has 32 heavy (non-hydrogen) atoms. The number of nitrogens with zero attached hydrogens (tertiary/aromatic N) is 5. The third kappa shape index (κ3) is 2.83. The van der Waals surface area contributed by atoms with Gasteiger partial charge in [-0.1, -0.05) is 48.5 Å². The number of anilines is 1. The van der Waals surface area contributed by atoms with E-state index < -0.39 is 30.2 Å². The summed E-state index contributed by atoms with van der Waals surface area (Å²) in [6.45, 7) is 2.96. The van der Waals surface area contributed by atoms with Gasteiger partial charge in [0.1, 0.15) is 0 Å². The Morgan fingerprint density at radius 3 is 2.25 bits per heavy atom. The van der Waals surface area contributed by atoms with Gasteiger partial charge in [-0.2, -0.15) is 0 Å². The molecule has 3 atom stereocenters. The first-order valence-corrected chi connectivity index (χ1v) is 10.5. The van der Waals surface area contributed by atoms with Crippen molar-refractivity contribution < 1.29 is 14.4 Å². The number of para-hydroxylation sites is 1. The van der Waals surface area contributed by atoms with Crippen LogP contribution in [0.1, 0.15) is 19.4 Å². The lowest BCUT2D eigenvalue weighted by Gasteiger charge is -2.41. The highest BCUT2D eigenvalue weighted by Crippen LogP contribution is 2.40. The summed E-state index contributed by atoms with van der Waals surface area (Å²) in [7, 11) is 1.62. The zero-order chi connectivity index (χ0) is 22.6. The summed E-state index contributed by atoms with van der Waals surface area (Å²) in [5.41, 5.74) is 2.76. The van der Waals surface area contributed by atoms with Gasteiger partial charge < -0.3 is 4.90 Å². The van der Waals surface area contributed by atoms with Crippen LogP contribution in [0, 0.1) is 0 Å². The van der Waals surface area contributed by atoms with Crippen molar-refractivity contribution in [3.8, 4) is 0 Å². The molecular formula is C24H23N5O3. The van der Waals surface area contributed by atoms with Crippen LogP contribution in [-0.2, 0) is 9.59 Å². The molecule has 0 N–H and O–H groups in total. The number of hydrogen-bond donors (Lipinski definition) is 0. The summed E-state index contributed by atoms with van der Waals surface area (Å²) < 4.78 is 0. The van der Waals surface area contributed by atoms with Crippen LogP contribution in [-0.4, -0.2) is 63.7 Å². The largest absolute Gasteiger partial charge is 0.328 e. The van der Waals surface area contributed by atoms with Crippen LogP contribution in [0.2, 0.25) is 0 Å². The van der Waals surface area contributed by atoms with Crippen LogP contribution in [0.4, 0.5) is 10.5 Å². The number of rotatable bonds is 4. The smallest absolute Gasteiger partial charge is 0.302 e. The number of fused-ring (bicyclic) bond motifs is 3. The van der Waals surface area contributed by atoms with Gasteiger partial charge in [0.2, 0.25) is 5.96 Å². The second-order valence-electron chi connectivity index (χ2n) is 8.13. The van der Waals surface area contributed by atoms with Crippen LogP contribution in [0.25, 0.3) is 5.70 Å². The van der Waals surface area contributed by atoms with E-state index in [-0.39, 0.29) is 5.78 Å². The zero-order valence-corrected chi connectivity index (χ0v) is 18.0. The van der Waals surface area contributed by atoms with Crippen molar-refractivity contribution in [2.75, 3.05) is 11.9 Å². The predicted molar refractivity (Wildman–Crippen MR) is 120 cm³/mol. The minimum absolute atomic E-state index is 0.245. The Balaban J connectivity index is 1.62. The number of urea groups is 1. The zero-order valence-electron chi connectivity index (χ0n) is 18.0. The number of hydrogen-bond acceptors (Lipinski definition) is 6. The van der Waals surface area contributed by atoms with Crippen molar-refractivity contribution in [2.24, 2.45) is 4.99 Å². The molecule has 162 valence electrons. The van der Waals surface area contributed by atoms with Gasteiger partial charge in [-0.25, -0.2) is 9.79 Å². The number of benzene rings is 2. The average Bonchev–Trinajstić information content (AvgIpc) is 3.35. The summed E-state index contributed by atoms with van der Waals surface area (Å²) in [6, 6.07) is 17.6. The van der Waals surface area contributed by atoms with Crippen molar-refractivity contribution in [2.45, 2.75) is 32.1 Å². The lowest BCUT2D eigenvalue weighted by molar-refractivity contribution is -0.142. The van der Waals surface area contributed by atoms with E-state index in [0.717, 1.165) is 21.8 Å². The van der Waals surface area contributed by atoms with Gasteiger partial charge in [-0.15, -0.1) is 0 Å². The molecule has 3 heterocycles. The SMILES string of the molecule is CC(=O)C(C)N1C(=O)C2C(N=C3N(c4ccccc4)C(c4ccccc4)=CN32)N(C)C1=O. The molecule has 8 nitrogen and oxygen atoms in total. The molecule has 5 rings (SSSR count). The molecule has 1 saturated heterocycles. The van der Waals surface area contributed by atoms with Gasteiger partial charge in [-0.3, -0.25) is 24.3 Å². The molecule has 0 radical (unpaired) electrons. The normalized spacial score (nSPS) is 23.1. The fourth-order valence-corrected chi connectivity index (χ4v) is 4.38. The number of aliphatic imine (C=N–C) groups is 1. The van der Waals surface area contributed by atoms with E-state index in [9.17, 15) is 14.4 Å². The molecule has 2 aromatic carbocycles. The molecule has 0 aliphatic carbocycles. The van der Waals surface area contributed by atoms with E-state index in [1.165, 1.54) is 11.8 Å². The van der Waals surface area contributed by atoms with Crippen molar-refractivity contribution >= 4 is 35.1 Å². The molecule has 0 aromatic heterocycles. The molecule has 3 aliphatic heterocycles. The van der Waals surface area contributed by atoms with E-state index in [2.05, 4.69) is 0 Å². The Hall–Kier alpha value is -3.94. The van der Waals surface area contributed by atoms with Gasteiger partial charge >= 0.3 is 6.03 Å². The molecule has 0 bridgehead atoms. The Labute approximate surface area is 186 Å². The predicted octanol–water partition coefficient (Wildman–Crippen LogP) is 2.74. The number of carbonyl (C=O) groups excluding carboxylic acids is 3. The highest BCUT2D eigenvalue weighted by atomic mass is 16.2. The molecule has 0 spiro atoms. The number of amides is 3. The van der Waals surface area contributed by atoms with Crippen LogP contribution in [0.5, 0.6) is 0 Å². The minimum Gasteiger partial charge on any atom is -0.302 e. The lowest BCUT2D eigenvalue weighted by atomic mass is 10.1. The number of imide groups is 1. The van der Waals surface area contributed by atoms with Crippen LogP contribution in [0.15, 0.2) is 71.9 Å². The van der Waals surface area contributed by atoms with E-state index >= 15 is 0 Å². The Bertz CT molecular complexity index is 1160. The highest BCUT2D eigenvalue weighted by Gasteiger charge is 2.56. The number of likely N-dealkylation sites (N-methyl/N-ethyl adjacent to an activating group) is 1.